The van der Waals surface area contributed by atoms with E-state index in [2.05, 4.69) is 37.4 Å². The maximum Gasteiger partial charge on any atom is 0.123 e. The van der Waals surface area contributed by atoms with E-state index in [9.17, 15) is 4.39 Å². The summed E-state index contributed by atoms with van der Waals surface area (Å²) in [6, 6.07) is 13.8. The van der Waals surface area contributed by atoms with Crippen LogP contribution in [-0.2, 0) is 6.42 Å². The highest BCUT2D eigenvalue weighted by atomic mass is 19.1. The normalized spacial score (nSPS) is 18.4. The van der Waals surface area contributed by atoms with Crippen LogP contribution in [-0.4, -0.2) is 0 Å². The van der Waals surface area contributed by atoms with Crippen LogP contribution in [0.1, 0.15) is 48.9 Å². The Labute approximate surface area is 119 Å². The fourth-order valence-electron chi connectivity index (χ4n) is 2.82. The smallest absolute Gasteiger partial charge is 0.123 e. The molecule has 2 unspecified atom stereocenters. The third kappa shape index (κ3) is 2.43. The Morgan fingerprint density at radius 1 is 1.20 bits per heavy atom. The van der Waals surface area contributed by atoms with Crippen LogP contribution in [0, 0.1) is 5.82 Å². The first-order valence-electron chi connectivity index (χ1n) is 7.32. The molecule has 0 fully saturated rings. The molecule has 0 saturated carbocycles. The van der Waals surface area contributed by atoms with Crippen molar-refractivity contribution in [2.75, 3.05) is 5.32 Å². The fourth-order valence-corrected chi connectivity index (χ4v) is 2.82. The lowest BCUT2D eigenvalue weighted by Gasteiger charge is -2.11. The number of hydrogen-bond donors (Lipinski definition) is 1. The van der Waals surface area contributed by atoms with Crippen molar-refractivity contribution in [2.45, 2.75) is 38.6 Å². The SMILES string of the molecule is CCC(C)c1ccc2c(c1)CC(c1ccc(F)cc1)N2. The summed E-state index contributed by atoms with van der Waals surface area (Å²) in [5, 5.41) is 3.53. The third-order valence-corrected chi connectivity index (χ3v) is 4.34. The Bertz CT molecular complexity index is 603. The van der Waals surface area contributed by atoms with Gasteiger partial charge in [0.15, 0.2) is 0 Å². The number of rotatable bonds is 3. The fraction of sp³-hybridized carbons (Fsp3) is 0.333. The second-order valence-electron chi connectivity index (χ2n) is 5.68. The first-order chi connectivity index (χ1) is 9.67. The summed E-state index contributed by atoms with van der Waals surface area (Å²) in [7, 11) is 0. The Morgan fingerprint density at radius 2 is 1.95 bits per heavy atom. The second-order valence-corrected chi connectivity index (χ2v) is 5.68. The molecule has 0 aromatic heterocycles. The lowest BCUT2D eigenvalue weighted by Crippen LogP contribution is -2.05. The van der Waals surface area contributed by atoms with Crippen LogP contribution in [0.2, 0.25) is 0 Å². The van der Waals surface area contributed by atoms with E-state index in [0.717, 1.165) is 18.4 Å². The van der Waals surface area contributed by atoms with Crippen molar-refractivity contribution in [3.8, 4) is 0 Å². The molecule has 1 N–H and O–H groups in total. The predicted molar refractivity (Wildman–Crippen MR) is 81.6 cm³/mol. The van der Waals surface area contributed by atoms with Crippen molar-refractivity contribution in [3.05, 3.63) is 65.0 Å². The molecule has 1 heterocycles. The molecule has 3 rings (SSSR count). The molecule has 104 valence electrons. The van der Waals surface area contributed by atoms with Gasteiger partial charge < -0.3 is 5.32 Å². The summed E-state index contributed by atoms with van der Waals surface area (Å²) in [6.07, 6.45) is 2.14. The summed E-state index contributed by atoms with van der Waals surface area (Å²) in [5.41, 5.74) is 5.14. The molecule has 1 nitrogen and oxygen atoms in total. The van der Waals surface area contributed by atoms with Crippen molar-refractivity contribution < 1.29 is 4.39 Å². The molecule has 2 atom stereocenters. The minimum atomic E-state index is -0.177. The molecule has 2 aromatic carbocycles. The molecule has 0 radical (unpaired) electrons. The van der Waals surface area contributed by atoms with Crippen molar-refractivity contribution in [1.82, 2.24) is 0 Å². The summed E-state index contributed by atoms with van der Waals surface area (Å²) >= 11 is 0. The molecule has 0 bridgehead atoms. The van der Waals surface area contributed by atoms with Gasteiger partial charge in [-0.15, -0.1) is 0 Å². The van der Waals surface area contributed by atoms with Gasteiger partial charge in [0.2, 0.25) is 0 Å². The average molecular weight is 269 g/mol. The van der Waals surface area contributed by atoms with Crippen LogP contribution in [0.15, 0.2) is 42.5 Å². The topological polar surface area (TPSA) is 12.0 Å². The number of nitrogens with one attached hydrogen (secondary N) is 1. The minimum Gasteiger partial charge on any atom is -0.378 e. The molecule has 0 saturated heterocycles. The first-order valence-corrected chi connectivity index (χ1v) is 7.32. The number of fused-ring (bicyclic) bond motifs is 1. The molecule has 2 heteroatoms. The van der Waals surface area contributed by atoms with E-state index in [-0.39, 0.29) is 11.9 Å². The van der Waals surface area contributed by atoms with Crippen molar-refractivity contribution >= 4 is 5.69 Å². The summed E-state index contributed by atoms with van der Waals surface area (Å²) in [5.74, 6) is 0.425. The van der Waals surface area contributed by atoms with Gasteiger partial charge in [0.25, 0.3) is 0 Å². The summed E-state index contributed by atoms with van der Waals surface area (Å²) in [4.78, 5) is 0. The highest BCUT2D eigenvalue weighted by Crippen LogP contribution is 2.36. The molecule has 2 aromatic rings. The van der Waals surface area contributed by atoms with E-state index in [0.29, 0.717) is 5.92 Å². The van der Waals surface area contributed by atoms with Gasteiger partial charge in [-0.1, -0.05) is 38.1 Å². The zero-order valence-electron chi connectivity index (χ0n) is 12.0. The van der Waals surface area contributed by atoms with Gasteiger partial charge in [0.1, 0.15) is 5.82 Å². The van der Waals surface area contributed by atoms with Gasteiger partial charge >= 0.3 is 0 Å². The Hall–Kier alpha value is -1.83. The summed E-state index contributed by atoms with van der Waals surface area (Å²) < 4.78 is 13.0. The lowest BCUT2D eigenvalue weighted by molar-refractivity contribution is 0.626. The molecule has 1 aliphatic rings. The van der Waals surface area contributed by atoms with Gasteiger partial charge in [0, 0.05) is 5.69 Å². The molecular weight excluding hydrogens is 249 g/mol. The van der Waals surface area contributed by atoms with Crippen molar-refractivity contribution in [3.63, 3.8) is 0 Å². The predicted octanol–water partition coefficient (Wildman–Crippen LogP) is 5.05. The zero-order valence-corrected chi connectivity index (χ0v) is 12.0. The molecule has 1 aliphatic heterocycles. The van der Waals surface area contributed by atoms with Gasteiger partial charge in [-0.3, -0.25) is 0 Å². The maximum atomic E-state index is 13.0. The highest BCUT2D eigenvalue weighted by molar-refractivity contribution is 5.59. The second kappa shape index (κ2) is 5.28. The van der Waals surface area contributed by atoms with Crippen LogP contribution in [0.25, 0.3) is 0 Å². The van der Waals surface area contributed by atoms with Crippen LogP contribution in [0.5, 0.6) is 0 Å². The van der Waals surface area contributed by atoms with Crippen LogP contribution in [0.4, 0.5) is 10.1 Å². The molecule has 0 spiro atoms. The van der Waals surface area contributed by atoms with Gasteiger partial charge in [-0.25, -0.2) is 4.39 Å². The Balaban J connectivity index is 1.83. The quantitative estimate of drug-likeness (QED) is 0.822. The van der Waals surface area contributed by atoms with E-state index in [1.807, 2.05) is 12.1 Å². The highest BCUT2D eigenvalue weighted by Gasteiger charge is 2.22. The first kappa shape index (κ1) is 13.2. The largest absolute Gasteiger partial charge is 0.378 e. The minimum absolute atomic E-state index is 0.177. The maximum absolute atomic E-state index is 13.0. The van der Waals surface area contributed by atoms with Gasteiger partial charge in [0.05, 0.1) is 6.04 Å². The molecule has 0 aliphatic carbocycles. The Morgan fingerprint density at radius 3 is 2.65 bits per heavy atom. The van der Waals surface area contributed by atoms with Crippen LogP contribution >= 0.6 is 0 Å². The number of anilines is 1. The van der Waals surface area contributed by atoms with Crippen LogP contribution < -0.4 is 5.32 Å². The number of hydrogen-bond acceptors (Lipinski definition) is 1. The van der Waals surface area contributed by atoms with Crippen molar-refractivity contribution in [2.24, 2.45) is 0 Å². The average Bonchev–Trinajstić information content (AvgIpc) is 2.90. The molecule has 0 amide bonds. The van der Waals surface area contributed by atoms with Crippen LogP contribution in [0.3, 0.4) is 0 Å². The zero-order chi connectivity index (χ0) is 14.1. The molecular formula is C18H20FN. The van der Waals surface area contributed by atoms with E-state index in [4.69, 9.17) is 0 Å². The lowest BCUT2D eigenvalue weighted by atomic mass is 9.95. The number of halogens is 1. The van der Waals surface area contributed by atoms with Crippen molar-refractivity contribution in [1.29, 1.82) is 0 Å². The molecule has 20 heavy (non-hydrogen) atoms. The van der Waals surface area contributed by atoms with E-state index in [1.54, 1.807) is 0 Å². The van der Waals surface area contributed by atoms with Gasteiger partial charge in [-0.2, -0.15) is 0 Å². The van der Waals surface area contributed by atoms with E-state index < -0.39 is 0 Å². The van der Waals surface area contributed by atoms with Gasteiger partial charge in [-0.05, 0) is 53.6 Å². The third-order valence-electron chi connectivity index (χ3n) is 4.34. The Kier molecular flexibility index (Phi) is 3.47. The standard InChI is InChI=1S/C18H20FN/c1-3-12(2)14-6-9-17-15(10-14)11-18(20-17)13-4-7-16(19)8-5-13/h4-10,12,18,20H,3,11H2,1-2H3. The van der Waals surface area contributed by atoms with E-state index >= 15 is 0 Å². The summed E-state index contributed by atoms with van der Waals surface area (Å²) in [6.45, 7) is 4.49. The van der Waals surface area contributed by atoms with E-state index in [1.165, 1.54) is 28.9 Å². The monoisotopic (exact) mass is 269 g/mol. The number of benzene rings is 2.